The van der Waals surface area contributed by atoms with Crippen LogP contribution < -0.4 is 4.90 Å². The predicted molar refractivity (Wildman–Crippen MR) is 119 cm³/mol. The average Bonchev–Trinajstić information content (AvgIpc) is 3.28. The van der Waals surface area contributed by atoms with Gasteiger partial charge in [-0.3, -0.25) is 4.79 Å². The second kappa shape index (κ2) is 8.18. The van der Waals surface area contributed by atoms with Gasteiger partial charge < -0.3 is 9.80 Å². The van der Waals surface area contributed by atoms with Crippen LogP contribution in [0.5, 0.6) is 0 Å². The van der Waals surface area contributed by atoms with Crippen molar-refractivity contribution in [3.05, 3.63) is 89.4 Å². The molecule has 4 aromatic rings. The van der Waals surface area contributed by atoms with E-state index in [9.17, 15) is 4.79 Å². The van der Waals surface area contributed by atoms with Crippen LogP contribution in [0.4, 0.5) is 5.82 Å². The van der Waals surface area contributed by atoms with Crippen molar-refractivity contribution in [2.45, 2.75) is 13.3 Å². The van der Waals surface area contributed by atoms with Gasteiger partial charge in [-0.1, -0.05) is 48.5 Å². The monoisotopic (exact) mass is 412 g/mol. The topological polar surface area (TPSA) is 66.6 Å². The lowest BCUT2D eigenvalue weighted by Crippen LogP contribution is -2.49. The second-order valence-corrected chi connectivity index (χ2v) is 7.78. The summed E-state index contributed by atoms with van der Waals surface area (Å²) in [5.41, 5.74) is 4.07. The fourth-order valence-electron chi connectivity index (χ4n) is 4.18. The highest BCUT2D eigenvalue weighted by atomic mass is 16.2. The van der Waals surface area contributed by atoms with Crippen LogP contribution in [-0.4, -0.2) is 56.6 Å². The van der Waals surface area contributed by atoms with Crippen molar-refractivity contribution in [1.82, 2.24) is 24.5 Å². The molecule has 3 heterocycles. The number of fused-ring (bicyclic) bond motifs is 1. The Bertz CT molecular complexity index is 1200. The number of piperazine rings is 1. The normalized spacial score (nSPS) is 14.2. The average molecular weight is 412 g/mol. The van der Waals surface area contributed by atoms with Crippen LogP contribution in [0.1, 0.15) is 27.2 Å². The zero-order valence-corrected chi connectivity index (χ0v) is 17.5. The minimum Gasteiger partial charge on any atom is -0.353 e. The second-order valence-electron chi connectivity index (χ2n) is 7.78. The summed E-state index contributed by atoms with van der Waals surface area (Å²) < 4.78 is 1.83. The van der Waals surface area contributed by atoms with E-state index in [1.807, 2.05) is 52.7 Å². The first kappa shape index (κ1) is 19.2. The fraction of sp³-hybridized carbons (Fsp3) is 0.250. The smallest absolute Gasteiger partial charge is 0.254 e. The number of rotatable bonds is 4. The molecule has 31 heavy (non-hydrogen) atoms. The van der Waals surface area contributed by atoms with Gasteiger partial charge in [0.05, 0.1) is 0 Å². The predicted octanol–water partition coefficient (Wildman–Crippen LogP) is 2.99. The molecule has 0 radical (unpaired) electrons. The fourth-order valence-corrected chi connectivity index (χ4v) is 4.18. The third-order valence-electron chi connectivity index (χ3n) is 5.82. The van der Waals surface area contributed by atoms with Crippen LogP contribution in [0.2, 0.25) is 0 Å². The lowest BCUT2D eigenvalue weighted by Gasteiger charge is -2.37. The van der Waals surface area contributed by atoms with Gasteiger partial charge in [-0.2, -0.15) is 14.6 Å². The Kier molecular flexibility index (Phi) is 5.08. The van der Waals surface area contributed by atoms with E-state index in [4.69, 9.17) is 0 Å². The number of hydrogen-bond acceptors (Lipinski definition) is 5. The van der Waals surface area contributed by atoms with Gasteiger partial charge in [0.25, 0.3) is 11.7 Å². The molecule has 0 N–H and O–H groups in total. The number of nitrogens with zero attached hydrogens (tertiary/aromatic N) is 6. The van der Waals surface area contributed by atoms with Crippen molar-refractivity contribution in [1.29, 1.82) is 0 Å². The molecule has 1 saturated heterocycles. The highest BCUT2D eigenvalue weighted by molar-refractivity contribution is 5.94. The first-order valence-corrected chi connectivity index (χ1v) is 10.5. The van der Waals surface area contributed by atoms with Crippen molar-refractivity contribution in [2.75, 3.05) is 31.1 Å². The molecule has 1 aliphatic heterocycles. The van der Waals surface area contributed by atoms with Gasteiger partial charge in [-0.15, -0.1) is 0 Å². The minimum atomic E-state index is 0.0848. The largest absolute Gasteiger partial charge is 0.353 e. The minimum absolute atomic E-state index is 0.0848. The summed E-state index contributed by atoms with van der Waals surface area (Å²) in [5.74, 6) is 1.71. The van der Waals surface area contributed by atoms with E-state index in [1.54, 1.807) is 6.33 Å². The molecule has 0 atom stereocenters. The number of carbonyl (C=O) groups is 1. The number of hydrogen-bond donors (Lipinski definition) is 0. The number of anilines is 1. The number of benzene rings is 2. The summed E-state index contributed by atoms with van der Waals surface area (Å²) in [6, 6.07) is 19.9. The third kappa shape index (κ3) is 3.74. The first-order chi connectivity index (χ1) is 15.2. The van der Waals surface area contributed by atoms with Crippen LogP contribution in [-0.2, 0) is 6.42 Å². The number of aromatic nitrogens is 4. The maximum absolute atomic E-state index is 12.8. The molecule has 156 valence electrons. The molecule has 0 spiro atoms. The highest BCUT2D eigenvalue weighted by Crippen LogP contribution is 2.27. The SMILES string of the molecule is Cc1nc2ncnn2c(N2CCN(C(=O)c3ccccc3)CC2)c1Cc1ccccc1. The standard InChI is InChI=1S/C24H24N6O/c1-18-21(16-19-8-4-2-5-9-19)22(30-24(27-18)25-17-26-30)28-12-14-29(15-13-28)23(31)20-10-6-3-7-11-20/h2-11,17H,12-16H2,1H3. The van der Waals surface area contributed by atoms with E-state index in [0.29, 0.717) is 18.9 Å². The van der Waals surface area contributed by atoms with Gasteiger partial charge in [0, 0.05) is 49.4 Å². The Balaban J connectivity index is 1.44. The lowest BCUT2D eigenvalue weighted by molar-refractivity contribution is 0.0746. The molecule has 1 fully saturated rings. The summed E-state index contributed by atoms with van der Waals surface area (Å²) in [6.07, 6.45) is 2.32. The molecule has 0 bridgehead atoms. The summed E-state index contributed by atoms with van der Waals surface area (Å²) in [4.78, 5) is 26.1. The molecule has 0 saturated carbocycles. The molecule has 0 aliphatic carbocycles. The van der Waals surface area contributed by atoms with Gasteiger partial charge in [-0.25, -0.2) is 4.98 Å². The molecule has 5 rings (SSSR count). The van der Waals surface area contributed by atoms with Gasteiger partial charge in [0.1, 0.15) is 12.1 Å². The Morgan fingerprint density at radius 2 is 1.61 bits per heavy atom. The summed E-state index contributed by atoms with van der Waals surface area (Å²) >= 11 is 0. The third-order valence-corrected chi connectivity index (χ3v) is 5.82. The van der Waals surface area contributed by atoms with E-state index in [-0.39, 0.29) is 5.91 Å². The van der Waals surface area contributed by atoms with Crippen LogP contribution in [0.3, 0.4) is 0 Å². The molecule has 2 aromatic heterocycles. The van der Waals surface area contributed by atoms with Gasteiger partial charge in [0.15, 0.2) is 0 Å². The Morgan fingerprint density at radius 1 is 0.935 bits per heavy atom. The lowest BCUT2D eigenvalue weighted by atomic mass is 10.0. The van der Waals surface area contributed by atoms with E-state index >= 15 is 0 Å². The molecular weight excluding hydrogens is 388 g/mol. The molecule has 0 unspecified atom stereocenters. The van der Waals surface area contributed by atoms with Crippen LogP contribution in [0, 0.1) is 6.92 Å². The Labute approximate surface area is 181 Å². The van der Waals surface area contributed by atoms with Crippen LogP contribution >= 0.6 is 0 Å². The summed E-state index contributed by atoms with van der Waals surface area (Å²) in [5, 5.41) is 4.46. The molecule has 1 amide bonds. The van der Waals surface area contributed by atoms with Crippen molar-refractivity contribution in [3.8, 4) is 0 Å². The maximum Gasteiger partial charge on any atom is 0.254 e. The number of carbonyl (C=O) groups excluding carboxylic acids is 1. The summed E-state index contributed by atoms with van der Waals surface area (Å²) in [7, 11) is 0. The van der Waals surface area contributed by atoms with Crippen LogP contribution in [0.15, 0.2) is 67.0 Å². The van der Waals surface area contributed by atoms with E-state index in [1.165, 1.54) is 5.56 Å². The molecule has 7 heteroatoms. The molecule has 7 nitrogen and oxygen atoms in total. The van der Waals surface area contributed by atoms with Crippen LogP contribution in [0.25, 0.3) is 5.78 Å². The van der Waals surface area contributed by atoms with Crippen molar-refractivity contribution in [3.63, 3.8) is 0 Å². The van der Waals surface area contributed by atoms with E-state index in [2.05, 4.69) is 44.2 Å². The molecule has 1 aliphatic rings. The Hall–Kier alpha value is -3.74. The first-order valence-electron chi connectivity index (χ1n) is 10.5. The maximum atomic E-state index is 12.8. The van der Waals surface area contributed by atoms with Crippen molar-refractivity contribution in [2.24, 2.45) is 0 Å². The summed E-state index contributed by atoms with van der Waals surface area (Å²) in [6.45, 7) is 4.83. The van der Waals surface area contributed by atoms with Crippen molar-refractivity contribution < 1.29 is 4.79 Å². The van der Waals surface area contributed by atoms with Crippen molar-refractivity contribution >= 4 is 17.5 Å². The Morgan fingerprint density at radius 3 is 2.32 bits per heavy atom. The van der Waals surface area contributed by atoms with E-state index < -0.39 is 0 Å². The zero-order chi connectivity index (χ0) is 21.2. The van der Waals surface area contributed by atoms with Gasteiger partial charge >= 0.3 is 0 Å². The van der Waals surface area contributed by atoms with Gasteiger partial charge in [0.2, 0.25) is 0 Å². The highest BCUT2D eigenvalue weighted by Gasteiger charge is 2.26. The quantitative estimate of drug-likeness (QED) is 0.516. The van der Waals surface area contributed by atoms with E-state index in [0.717, 1.165) is 42.1 Å². The zero-order valence-electron chi connectivity index (χ0n) is 17.5. The molecular formula is C24H24N6O. The number of amides is 1. The van der Waals surface area contributed by atoms with Gasteiger partial charge in [-0.05, 0) is 24.6 Å². The molecule has 2 aromatic carbocycles. The number of aryl methyl sites for hydroxylation is 1.